The molecule has 2 N–H and O–H groups in total. The molecule has 1 saturated heterocycles. The van der Waals surface area contributed by atoms with E-state index in [1.807, 2.05) is 32.0 Å². The monoisotopic (exact) mass is 369 g/mol. The molecule has 2 aliphatic heterocycles. The largest absolute Gasteiger partial charge is 0.501 e. The quantitative estimate of drug-likeness (QED) is 0.838. The van der Waals surface area contributed by atoms with Gasteiger partial charge in [-0.3, -0.25) is 4.79 Å². The van der Waals surface area contributed by atoms with Crippen LogP contribution in [0.15, 0.2) is 30.6 Å². The Hall–Kier alpha value is -3.00. The normalized spacial score (nSPS) is 19.8. The molecule has 0 unspecified atom stereocenters. The molecule has 1 fully saturated rings. The summed E-state index contributed by atoms with van der Waals surface area (Å²) < 4.78 is 11.6. The maximum Gasteiger partial charge on any atom is 0.501 e. The molecule has 1 aromatic heterocycles. The van der Waals surface area contributed by atoms with E-state index in [1.165, 1.54) is 12.4 Å². The molecular formula is C19H21N4O4+. The number of anilines is 1. The summed E-state index contributed by atoms with van der Waals surface area (Å²) in [6.07, 6.45) is 2.94. The molecule has 3 amide bonds. The predicted molar refractivity (Wildman–Crippen MR) is 95.2 cm³/mol. The van der Waals surface area contributed by atoms with E-state index in [2.05, 4.69) is 15.3 Å². The lowest BCUT2D eigenvalue weighted by atomic mass is 9.96. The Morgan fingerprint density at radius 3 is 2.67 bits per heavy atom. The minimum atomic E-state index is -0.939. The van der Waals surface area contributed by atoms with Crippen LogP contribution < -0.4 is 19.9 Å². The summed E-state index contributed by atoms with van der Waals surface area (Å²) in [6.45, 7) is 7.93. The maximum atomic E-state index is 12.3. The van der Waals surface area contributed by atoms with E-state index < -0.39 is 11.6 Å². The van der Waals surface area contributed by atoms with Crippen molar-refractivity contribution in [3.63, 3.8) is 0 Å². The number of ether oxygens (including phenoxy) is 2. The first kappa shape index (κ1) is 17.4. The van der Waals surface area contributed by atoms with Crippen LogP contribution in [0.25, 0.3) is 0 Å². The van der Waals surface area contributed by atoms with E-state index >= 15 is 0 Å². The first-order valence-corrected chi connectivity index (χ1v) is 8.67. The van der Waals surface area contributed by atoms with Gasteiger partial charge in [0.2, 0.25) is 0 Å². The van der Waals surface area contributed by atoms with Gasteiger partial charge in [0, 0.05) is 0 Å². The molecule has 0 aliphatic carbocycles. The van der Waals surface area contributed by atoms with Crippen LogP contribution in [0.5, 0.6) is 11.8 Å². The summed E-state index contributed by atoms with van der Waals surface area (Å²) in [6, 6.07) is 5.54. The molecule has 140 valence electrons. The number of benzene rings is 1. The van der Waals surface area contributed by atoms with Crippen molar-refractivity contribution >= 4 is 17.6 Å². The van der Waals surface area contributed by atoms with E-state index in [0.717, 1.165) is 16.0 Å². The molecule has 0 saturated carbocycles. The van der Waals surface area contributed by atoms with Crippen LogP contribution in [0.2, 0.25) is 0 Å². The molecule has 8 nitrogen and oxygen atoms in total. The highest BCUT2D eigenvalue weighted by Crippen LogP contribution is 2.38. The highest BCUT2D eigenvalue weighted by molar-refractivity contribution is 6.22. The van der Waals surface area contributed by atoms with Gasteiger partial charge in [-0.15, -0.1) is 0 Å². The summed E-state index contributed by atoms with van der Waals surface area (Å²) in [7, 11) is 0. The standard InChI is InChI=1S/C19H20N4O4/c1-18(2)15(24)23(17(25)22-18)12-8-20-16(21-9-12)27-13-6-5-11-10-26-19(3,4)14(11)7-13/h5-9H,10H2,1-4H3,(H,22,25)/p+1. The number of urea groups is 1. The molecule has 0 atom stereocenters. The number of hydrogen-bond acceptors (Lipinski definition) is 5. The summed E-state index contributed by atoms with van der Waals surface area (Å²) in [5.74, 6) is 0.289. The van der Waals surface area contributed by atoms with Gasteiger partial charge in [-0.05, 0) is 55.9 Å². The lowest BCUT2D eigenvalue weighted by Crippen LogP contribution is -2.40. The lowest BCUT2D eigenvalue weighted by molar-refractivity contribution is -0.395. The summed E-state index contributed by atoms with van der Waals surface area (Å²) >= 11 is 0. The van der Waals surface area contributed by atoms with Crippen LogP contribution in [-0.4, -0.2) is 22.5 Å². The highest BCUT2D eigenvalue weighted by Gasteiger charge is 2.46. The molecule has 1 aromatic carbocycles. The molecular weight excluding hydrogens is 348 g/mol. The van der Waals surface area contributed by atoms with Crippen LogP contribution in [0.3, 0.4) is 0 Å². The second-order valence-electron chi connectivity index (χ2n) is 7.69. The van der Waals surface area contributed by atoms with E-state index in [1.54, 1.807) is 13.8 Å². The summed E-state index contributed by atoms with van der Waals surface area (Å²) in [5.41, 5.74) is 1.27. The van der Waals surface area contributed by atoms with Gasteiger partial charge in [-0.2, -0.15) is 0 Å². The number of nitrogens with one attached hydrogen (secondary N) is 2. The van der Waals surface area contributed by atoms with Crippen LogP contribution in [0, 0.1) is 0 Å². The Bertz CT molecular complexity index is 937. The van der Waals surface area contributed by atoms with Gasteiger partial charge in [0.1, 0.15) is 23.2 Å². The van der Waals surface area contributed by atoms with Crippen molar-refractivity contribution < 1.29 is 24.0 Å². The molecule has 0 radical (unpaired) electrons. The average molecular weight is 369 g/mol. The van der Waals surface area contributed by atoms with E-state index in [4.69, 9.17) is 9.47 Å². The van der Waals surface area contributed by atoms with Gasteiger partial charge in [0.15, 0.2) is 6.20 Å². The molecule has 2 aliphatic rings. The number of amides is 3. The molecule has 0 spiro atoms. The molecule has 2 aromatic rings. The number of hydrogen-bond donors (Lipinski definition) is 1. The third kappa shape index (κ3) is 2.91. The maximum absolute atomic E-state index is 12.3. The minimum absolute atomic E-state index is 0.252. The lowest BCUT2D eigenvalue weighted by Gasteiger charge is -2.18. The van der Waals surface area contributed by atoms with Gasteiger partial charge >= 0.3 is 12.0 Å². The van der Waals surface area contributed by atoms with Crippen molar-refractivity contribution in [1.82, 2.24) is 10.3 Å². The van der Waals surface area contributed by atoms with E-state index in [9.17, 15) is 9.59 Å². The van der Waals surface area contributed by atoms with Crippen LogP contribution in [0.4, 0.5) is 10.5 Å². The van der Waals surface area contributed by atoms with Crippen LogP contribution >= 0.6 is 0 Å². The fraction of sp³-hybridized carbons (Fsp3) is 0.368. The number of aromatic amines is 1. The number of rotatable bonds is 3. The van der Waals surface area contributed by atoms with Crippen molar-refractivity contribution in [2.45, 2.75) is 45.4 Å². The van der Waals surface area contributed by atoms with Crippen molar-refractivity contribution in [2.75, 3.05) is 4.90 Å². The number of nitrogens with zero attached hydrogens (tertiary/aromatic N) is 2. The third-order valence-corrected chi connectivity index (χ3v) is 4.81. The van der Waals surface area contributed by atoms with Crippen molar-refractivity contribution in [3.05, 3.63) is 41.7 Å². The molecule has 8 heteroatoms. The topological polar surface area (TPSA) is 94.9 Å². The molecule has 27 heavy (non-hydrogen) atoms. The highest BCUT2D eigenvalue weighted by atomic mass is 16.5. The Morgan fingerprint density at radius 2 is 2.04 bits per heavy atom. The van der Waals surface area contributed by atoms with Gasteiger partial charge < -0.3 is 14.8 Å². The molecule has 3 heterocycles. The number of H-pyrrole nitrogens is 1. The number of carbonyl (C=O) groups excluding carboxylic acids is 2. The van der Waals surface area contributed by atoms with Crippen molar-refractivity contribution in [2.24, 2.45) is 0 Å². The number of imide groups is 1. The zero-order valence-electron chi connectivity index (χ0n) is 15.6. The fourth-order valence-electron chi connectivity index (χ4n) is 3.25. The fourth-order valence-corrected chi connectivity index (χ4v) is 3.25. The zero-order valence-corrected chi connectivity index (χ0v) is 15.6. The Balaban J connectivity index is 1.54. The number of aromatic nitrogens is 2. The van der Waals surface area contributed by atoms with Crippen LogP contribution in [-0.2, 0) is 21.7 Å². The van der Waals surface area contributed by atoms with Gasteiger partial charge in [0.05, 0.1) is 12.2 Å². The molecule has 4 rings (SSSR count). The number of fused-ring (bicyclic) bond motifs is 1. The first-order valence-electron chi connectivity index (χ1n) is 8.67. The van der Waals surface area contributed by atoms with Gasteiger partial charge in [-0.1, -0.05) is 6.07 Å². The van der Waals surface area contributed by atoms with Gasteiger partial charge in [0.25, 0.3) is 5.91 Å². The Labute approximate surface area is 156 Å². The smallest absolute Gasteiger partial charge is 0.389 e. The minimum Gasteiger partial charge on any atom is -0.389 e. The Morgan fingerprint density at radius 1 is 1.26 bits per heavy atom. The van der Waals surface area contributed by atoms with E-state index in [0.29, 0.717) is 18.0 Å². The first-order chi connectivity index (χ1) is 12.7. The Kier molecular flexibility index (Phi) is 3.71. The van der Waals surface area contributed by atoms with Gasteiger partial charge in [-0.25, -0.2) is 14.7 Å². The number of carbonyl (C=O) groups is 2. The third-order valence-electron chi connectivity index (χ3n) is 4.81. The summed E-state index contributed by atoms with van der Waals surface area (Å²) in [5, 5.41) is 2.63. The molecule has 0 bridgehead atoms. The van der Waals surface area contributed by atoms with E-state index in [-0.39, 0.29) is 17.5 Å². The zero-order chi connectivity index (χ0) is 19.4. The van der Waals surface area contributed by atoms with Crippen LogP contribution in [0.1, 0.15) is 38.8 Å². The second-order valence-corrected chi connectivity index (χ2v) is 7.69. The SMILES string of the molecule is CC1(C)NC(=O)N(c2cnc(Oc3ccc4c(c3)C(C)(C)OC4)[nH+]c2)C1=O. The average Bonchev–Trinajstić information content (AvgIpc) is 3.01. The van der Waals surface area contributed by atoms with Crippen molar-refractivity contribution in [3.8, 4) is 11.8 Å². The van der Waals surface area contributed by atoms with Crippen molar-refractivity contribution in [1.29, 1.82) is 0 Å². The predicted octanol–water partition coefficient (Wildman–Crippen LogP) is 2.29. The second kappa shape index (κ2) is 5.75. The summed E-state index contributed by atoms with van der Waals surface area (Å²) in [4.78, 5) is 32.5.